The van der Waals surface area contributed by atoms with Crippen molar-refractivity contribution in [2.75, 3.05) is 5.75 Å². The molecule has 0 spiro atoms. The molecule has 4 aliphatic carbocycles. The van der Waals surface area contributed by atoms with Gasteiger partial charge in [0, 0.05) is 6.42 Å². The maximum absolute atomic E-state index is 12.6. The number of rotatable bonds is 5. The zero-order chi connectivity index (χ0) is 16.9. The molecule has 0 atom stereocenters. The molecule has 5 heteroatoms. The third-order valence-electron chi connectivity index (χ3n) is 6.26. The Bertz CT molecular complexity index is 733. The van der Waals surface area contributed by atoms with E-state index >= 15 is 0 Å². The molecule has 0 amide bonds. The molecule has 0 aromatic heterocycles. The molecule has 4 fully saturated rings. The Morgan fingerprint density at radius 1 is 1.04 bits per heavy atom. The molecule has 0 unspecified atom stereocenters. The van der Waals surface area contributed by atoms with Crippen LogP contribution in [0, 0.1) is 23.2 Å². The number of hydrogen-bond donors (Lipinski definition) is 0. The Morgan fingerprint density at radius 2 is 1.58 bits per heavy atom. The highest BCUT2D eigenvalue weighted by molar-refractivity contribution is 7.92. The summed E-state index contributed by atoms with van der Waals surface area (Å²) in [6.45, 7) is 0. The largest absolute Gasteiger partial charge is 0.299 e. The van der Waals surface area contributed by atoms with Crippen LogP contribution >= 0.6 is 11.6 Å². The van der Waals surface area contributed by atoms with Gasteiger partial charge in [-0.1, -0.05) is 23.7 Å². The number of ketones is 1. The van der Waals surface area contributed by atoms with Crippen molar-refractivity contribution >= 4 is 27.2 Å². The van der Waals surface area contributed by atoms with Crippen LogP contribution in [0.25, 0.3) is 0 Å². The molecule has 0 radical (unpaired) electrons. The highest BCUT2D eigenvalue weighted by Gasteiger charge is 2.51. The van der Waals surface area contributed by atoms with Crippen LogP contribution in [0.15, 0.2) is 29.2 Å². The first-order valence-electron chi connectivity index (χ1n) is 8.84. The Balaban J connectivity index is 1.48. The van der Waals surface area contributed by atoms with E-state index in [1.165, 1.54) is 25.3 Å². The van der Waals surface area contributed by atoms with Crippen molar-refractivity contribution in [2.45, 2.75) is 49.8 Å². The first-order chi connectivity index (χ1) is 11.4. The maximum Gasteiger partial charge on any atom is 0.186 e. The summed E-state index contributed by atoms with van der Waals surface area (Å²) in [5, 5.41) is 0.195. The van der Waals surface area contributed by atoms with Gasteiger partial charge < -0.3 is 0 Å². The normalized spacial score (nSPS) is 34.5. The highest BCUT2D eigenvalue weighted by Crippen LogP contribution is 2.61. The molecule has 0 saturated heterocycles. The second-order valence-corrected chi connectivity index (χ2v) is 10.7. The van der Waals surface area contributed by atoms with Gasteiger partial charge in [-0.3, -0.25) is 4.79 Å². The summed E-state index contributed by atoms with van der Waals surface area (Å²) in [6.07, 6.45) is 7.77. The fraction of sp³-hybridized carbons (Fsp3) is 0.632. The van der Waals surface area contributed by atoms with Crippen LogP contribution in [0.3, 0.4) is 0 Å². The van der Waals surface area contributed by atoms with Gasteiger partial charge in [-0.2, -0.15) is 0 Å². The molecule has 24 heavy (non-hydrogen) atoms. The van der Waals surface area contributed by atoms with Gasteiger partial charge in [0.2, 0.25) is 0 Å². The van der Waals surface area contributed by atoms with Crippen molar-refractivity contribution in [3.8, 4) is 0 Å². The second kappa shape index (κ2) is 5.84. The third kappa shape index (κ3) is 3.03. The van der Waals surface area contributed by atoms with Crippen molar-refractivity contribution in [3.05, 3.63) is 29.3 Å². The van der Waals surface area contributed by atoms with Gasteiger partial charge in [-0.05, 0) is 73.8 Å². The van der Waals surface area contributed by atoms with E-state index in [-0.39, 0.29) is 21.1 Å². The second-order valence-electron chi connectivity index (χ2n) is 8.32. The average molecular weight is 367 g/mol. The zero-order valence-electron chi connectivity index (χ0n) is 13.7. The summed E-state index contributed by atoms with van der Waals surface area (Å²) >= 11 is 6.00. The minimum Gasteiger partial charge on any atom is -0.299 e. The zero-order valence-corrected chi connectivity index (χ0v) is 15.3. The van der Waals surface area contributed by atoms with Crippen molar-refractivity contribution in [2.24, 2.45) is 23.2 Å². The van der Waals surface area contributed by atoms with Crippen LogP contribution in [0.2, 0.25) is 5.02 Å². The van der Waals surface area contributed by atoms with E-state index < -0.39 is 15.6 Å². The molecular formula is C19H23ClO3S. The number of sulfone groups is 1. The standard InChI is InChI=1S/C19H23ClO3S/c20-17-3-1-2-4-18(17)24(22,23)12-16(21)11-19-8-13-5-14(9-19)7-15(6-13)10-19/h1-4,13-15H,5-12H2. The smallest absolute Gasteiger partial charge is 0.186 e. The Morgan fingerprint density at radius 3 is 2.12 bits per heavy atom. The van der Waals surface area contributed by atoms with Gasteiger partial charge in [0.1, 0.15) is 11.5 Å². The van der Waals surface area contributed by atoms with E-state index in [4.69, 9.17) is 11.6 Å². The summed E-state index contributed by atoms with van der Waals surface area (Å²) in [4.78, 5) is 12.7. The van der Waals surface area contributed by atoms with Crippen LogP contribution in [0.1, 0.15) is 44.9 Å². The molecule has 1 aromatic rings. The van der Waals surface area contributed by atoms with Crippen LogP contribution in [-0.4, -0.2) is 20.0 Å². The minimum absolute atomic E-state index is 0.0746. The lowest BCUT2D eigenvalue weighted by Gasteiger charge is -2.56. The lowest BCUT2D eigenvalue weighted by atomic mass is 9.48. The molecule has 4 saturated carbocycles. The Labute approximate surface area is 148 Å². The van der Waals surface area contributed by atoms with Crippen molar-refractivity contribution in [3.63, 3.8) is 0 Å². The monoisotopic (exact) mass is 366 g/mol. The van der Waals surface area contributed by atoms with Crippen LogP contribution in [-0.2, 0) is 14.6 Å². The topological polar surface area (TPSA) is 51.2 Å². The predicted octanol–water partition coefficient (Wildman–Crippen LogP) is 4.29. The molecule has 4 bridgehead atoms. The molecule has 1 aromatic carbocycles. The van der Waals surface area contributed by atoms with E-state index in [1.54, 1.807) is 18.2 Å². The SMILES string of the molecule is O=C(CC12CC3CC(CC(C3)C1)C2)CS(=O)(=O)c1ccccc1Cl. The number of carbonyl (C=O) groups excluding carboxylic acids is 1. The lowest BCUT2D eigenvalue weighted by Crippen LogP contribution is -2.47. The van der Waals surface area contributed by atoms with Crippen LogP contribution in [0.4, 0.5) is 0 Å². The Hall–Kier alpha value is -0.870. The van der Waals surface area contributed by atoms with Gasteiger partial charge in [-0.15, -0.1) is 0 Å². The molecule has 0 heterocycles. The number of hydrogen-bond acceptors (Lipinski definition) is 3. The van der Waals surface area contributed by atoms with Gasteiger partial charge in [0.25, 0.3) is 0 Å². The summed E-state index contributed by atoms with van der Waals surface area (Å²) in [5.41, 5.74) is 0.0852. The molecule has 0 aliphatic heterocycles. The lowest BCUT2D eigenvalue weighted by molar-refractivity contribution is -0.124. The van der Waals surface area contributed by atoms with E-state index in [0.29, 0.717) is 6.42 Å². The molecule has 3 nitrogen and oxygen atoms in total. The third-order valence-corrected chi connectivity index (χ3v) is 8.43. The van der Waals surface area contributed by atoms with E-state index in [0.717, 1.165) is 37.0 Å². The summed E-state index contributed by atoms with van der Waals surface area (Å²) < 4.78 is 25.1. The van der Waals surface area contributed by atoms with Gasteiger partial charge >= 0.3 is 0 Å². The van der Waals surface area contributed by atoms with Gasteiger partial charge in [0.05, 0.1) is 9.92 Å². The van der Waals surface area contributed by atoms with Crippen LogP contribution < -0.4 is 0 Å². The number of carbonyl (C=O) groups is 1. The fourth-order valence-corrected chi connectivity index (χ4v) is 7.78. The number of halogens is 1. The number of benzene rings is 1. The van der Waals surface area contributed by atoms with E-state index in [2.05, 4.69) is 0 Å². The fourth-order valence-electron chi connectivity index (χ4n) is 5.96. The van der Waals surface area contributed by atoms with Gasteiger partial charge in [-0.25, -0.2) is 8.42 Å². The summed E-state index contributed by atoms with van der Waals surface area (Å²) in [7, 11) is -3.66. The maximum atomic E-state index is 12.6. The predicted molar refractivity (Wildman–Crippen MR) is 93.7 cm³/mol. The molecule has 130 valence electrons. The first-order valence-corrected chi connectivity index (χ1v) is 10.9. The highest BCUT2D eigenvalue weighted by atomic mass is 35.5. The first kappa shape index (κ1) is 16.6. The van der Waals surface area contributed by atoms with Gasteiger partial charge in [0.15, 0.2) is 9.84 Å². The summed E-state index contributed by atoms with van der Waals surface area (Å²) in [6, 6.07) is 6.37. The Kier molecular flexibility index (Phi) is 4.04. The quantitative estimate of drug-likeness (QED) is 0.781. The number of Topliss-reactive ketones (excluding diaryl/α,β-unsaturated/α-hetero) is 1. The molecule has 0 N–H and O–H groups in total. The average Bonchev–Trinajstić information content (AvgIpc) is 2.44. The van der Waals surface area contributed by atoms with E-state index in [1.807, 2.05) is 0 Å². The molecular weight excluding hydrogens is 344 g/mol. The van der Waals surface area contributed by atoms with E-state index in [9.17, 15) is 13.2 Å². The molecule has 4 aliphatic rings. The van der Waals surface area contributed by atoms with Crippen LogP contribution in [0.5, 0.6) is 0 Å². The van der Waals surface area contributed by atoms with Crippen molar-refractivity contribution in [1.82, 2.24) is 0 Å². The minimum atomic E-state index is -3.66. The molecule has 5 rings (SSSR count). The summed E-state index contributed by atoms with van der Waals surface area (Å²) in [5.74, 6) is 1.74. The van der Waals surface area contributed by atoms with Crippen molar-refractivity contribution < 1.29 is 13.2 Å². The van der Waals surface area contributed by atoms with Crippen molar-refractivity contribution in [1.29, 1.82) is 0 Å².